The number of carbonyl (C=O) groups is 2. The lowest BCUT2D eigenvalue weighted by atomic mass is 10.1. The number of amides is 2. The van der Waals surface area contributed by atoms with Gasteiger partial charge in [-0.3, -0.25) is 19.5 Å². The molecule has 1 saturated heterocycles. The summed E-state index contributed by atoms with van der Waals surface area (Å²) in [5.41, 5.74) is 0.943. The molecule has 0 unspecified atom stereocenters. The summed E-state index contributed by atoms with van der Waals surface area (Å²) < 4.78 is 18.9. The van der Waals surface area contributed by atoms with Crippen molar-refractivity contribution in [1.82, 2.24) is 20.5 Å². The summed E-state index contributed by atoms with van der Waals surface area (Å²) in [5, 5.41) is 5.47. The number of hydrogen-bond donors (Lipinski definition) is 2. The van der Waals surface area contributed by atoms with Crippen LogP contribution >= 0.6 is 0 Å². The van der Waals surface area contributed by atoms with Crippen LogP contribution in [0.1, 0.15) is 26.3 Å². The van der Waals surface area contributed by atoms with Gasteiger partial charge in [0.1, 0.15) is 5.82 Å². The number of benzene rings is 1. The van der Waals surface area contributed by atoms with Crippen LogP contribution < -0.4 is 10.6 Å². The molecule has 2 heterocycles. The average Bonchev–Trinajstić information content (AvgIpc) is 2.74. The molecule has 7 nitrogen and oxygen atoms in total. The second-order valence-corrected chi connectivity index (χ2v) is 6.45. The van der Waals surface area contributed by atoms with Gasteiger partial charge in [0, 0.05) is 50.7 Å². The van der Waals surface area contributed by atoms with Gasteiger partial charge < -0.3 is 15.4 Å². The zero-order valence-corrected chi connectivity index (χ0v) is 15.5. The fourth-order valence-electron chi connectivity index (χ4n) is 2.86. The first kappa shape index (κ1) is 19.9. The van der Waals surface area contributed by atoms with Crippen molar-refractivity contribution in [2.24, 2.45) is 0 Å². The summed E-state index contributed by atoms with van der Waals surface area (Å²) in [4.78, 5) is 30.8. The summed E-state index contributed by atoms with van der Waals surface area (Å²) in [6, 6.07) is 7.71. The van der Waals surface area contributed by atoms with E-state index in [1.165, 1.54) is 24.5 Å². The molecule has 2 aromatic rings. The Morgan fingerprint density at radius 2 is 1.75 bits per heavy atom. The predicted molar refractivity (Wildman–Crippen MR) is 101 cm³/mol. The number of hydrogen-bond acceptors (Lipinski definition) is 5. The Hall–Kier alpha value is -2.84. The number of aromatic nitrogens is 1. The van der Waals surface area contributed by atoms with Gasteiger partial charge in [-0.2, -0.15) is 0 Å². The minimum Gasteiger partial charge on any atom is -0.379 e. The molecule has 1 aliphatic rings. The molecule has 0 spiro atoms. The van der Waals surface area contributed by atoms with E-state index in [1.54, 1.807) is 18.2 Å². The quantitative estimate of drug-likeness (QED) is 0.748. The Balaban J connectivity index is 1.51. The summed E-state index contributed by atoms with van der Waals surface area (Å²) in [7, 11) is 0. The maximum atomic E-state index is 13.6. The fourth-order valence-corrected chi connectivity index (χ4v) is 2.86. The third-order valence-electron chi connectivity index (χ3n) is 4.48. The SMILES string of the molecule is O=C(NCCN1CCOCC1)c1cncc(C(=O)NCc2ccccc2F)c1. The molecule has 2 N–H and O–H groups in total. The van der Waals surface area contributed by atoms with Gasteiger partial charge in [-0.1, -0.05) is 18.2 Å². The molecular weight excluding hydrogens is 363 g/mol. The van der Waals surface area contributed by atoms with Crippen molar-refractivity contribution in [2.45, 2.75) is 6.54 Å². The number of nitrogens with zero attached hydrogens (tertiary/aromatic N) is 2. The van der Waals surface area contributed by atoms with Crippen molar-refractivity contribution >= 4 is 11.8 Å². The van der Waals surface area contributed by atoms with Crippen molar-refractivity contribution < 1.29 is 18.7 Å². The maximum absolute atomic E-state index is 13.6. The Kier molecular flexibility index (Phi) is 7.05. The van der Waals surface area contributed by atoms with E-state index in [2.05, 4.69) is 20.5 Å². The predicted octanol–water partition coefficient (Wildman–Crippen LogP) is 1.21. The molecule has 0 bridgehead atoms. The number of rotatable bonds is 7. The Morgan fingerprint density at radius 3 is 2.46 bits per heavy atom. The number of halogens is 1. The lowest BCUT2D eigenvalue weighted by molar-refractivity contribution is 0.0383. The third kappa shape index (κ3) is 5.58. The van der Waals surface area contributed by atoms with Crippen LogP contribution in [0.15, 0.2) is 42.7 Å². The van der Waals surface area contributed by atoms with E-state index in [9.17, 15) is 14.0 Å². The van der Waals surface area contributed by atoms with Crippen molar-refractivity contribution in [3.05, 3.63) is 65.2 Å². The maximum Gasteiger partial charge on any atom is 0.253 e. The molecule has 1 aromatic carbocycles. The second-order valence-electron chi connectivity index (χ2n) is 6.45. The summed E-state index contributed by atoms with van der Waals surface area (Å²) >= 11 is 0. The smallest absolute Gasteiger partial charge is 0.253 e. The van der Waals surface area contributed by atoms with Crippen molar-refractivity contribution in [1.29, 1.82) is 0 Å². The largest absolute Gasteiger partial charge is 0.379 e. The molecule has 0 aliphatic carbocycles. The molecule has 1 aromatic heterocycles. The molecule has 1 fully saturated rings. The highest BCUT2D eigenvalue weighted by Gasteiger charge is 2.13. The van der Waals surface area contributed by atoms with Gasteiger partial charge in [0.2, 0.25) is 0 Å². The molecule has 2 amide bonds. The lowest BCUT2D eigenvalue weighted by Crippen LogP contribution is -2.41. The Morgan fingerprint density at radius 1 is 1.07 bits per heavy atom. The monoisotopic (exact) mass is 386 g/mol. The standard InChI is InChI=1S/C20H23FN4O3/c21-18-4-2-1-3-15(18)14-24-20(27)17-11-16(12-22-13-17)19(26)23-5-6-25-7-9-28-10-8-25/h1-4,11-13H,5-10,14H2,(H,23,26)(H,24,27). The van der Waals surface area contributed by atoms with Crippen LogP contribution in [0.2, 0.25) is 0 Å². The van der Waals surface area contributed by atoms with Gasteiger partial charge in [0.15, 0.2) is 0 Å². The van der Waals surface area contributed by atoms with E-state index < -0.39 is 5.91 Å². The number of pyridine rings is 1. The molecular formula is C20H23FN4O3. The Labute approximate surface area is 162 Å². The molecule has 148 valence electrons. The highest BCUT2D eigenvalue weighted by atomic mass is 19.1. The van der Waals surface area contributed by atoms with E-state index in [0.717, 1.165) is 19.6 Å². The van der Waals surface area contributed by atoms with Crippen LogP contribution in [0.25, 0.3) is 0 Å². The van der Waals surface area contributed by atoms with E-state index in [1.807, 2.05) is 0 Å². The van der Waals surface area contributed by atoms with Gasteiger partial charge in [0.05, 0.1) is 24.3 Å². The highest BCUT2D eigenvalue weighted by molar-refractivity contribution is 5.99. The number of morpholine rings is 1. The minimum absolute atomic E-state index is 0.0570. The van der Waals surface area contributed by atoms with Gasteiger partial charge in [-0.25, -0.2) is 4.39 Å². The van der Waals surface area contributed by atoms with Crippen molar-refractivity contribution in [2.75, 3.05) is 39.4 Å². The van der Waals surface area contributed by atoms with Gasteiger partial charge in [-0.05, 0) is 12.1 Å². The van der Waals surface area contributed by atoms with Crippen LogP contribution in [0.3, 0.4) is 0 Å². The molecule has 8 heteroatoms. The van der Waals surface area contributed by atoms with Crippen molar-refractivity contribution in [3.8, 4) is 0 Å². The number of ether oxygens (including phenoxy) is 1. The zero-order valence-electron chi connectivity index (χ0n) is 15.5. The molecule has 0 atom stereocenters. The lowest BCUT2D eigenvalue weighted by Gasteiger charge is -2.26. The average molecular weight is 386 g/mol. The normalized spacial score (nSPS) is 14.5. The van der Waals surface area contributed by atoms with E-state index in [0.29, 0.717) is 30.9 Å². The third-order valence-corrected chi connectivity index (χ3v) is 4.48. The zero-order chi connectivity index (χ0) is 19.8. The first-order valence-corrected chi connectivity index (χ1v) is 9.18. The van der Waals surface area contributed by atoms with Crippen LogP contribution in [0.5, 0.6) is 0 Å². The van der Waals surface area contributed by atoms with E-state index >= 15 is 0 Å². The van der Waals surface area contributed by atoms with E-state index in [4.69, 9.17) is 4.74 Å². The summed E-state index contributed by atoms with van der Waals surface area (Å²) in [6.45, 7) is 4.43. The molecule has 3 rings (SSSR count). The minimum atomic E-state index is -0.418. The number of carbonyl (C=O) groups excluding carboxylic acids is 2. The second kappa shape index (κ2) is 9.91. The van der Waals surface area contributed by atoms with Crippen LogP contribution in [0.4, 0.5) is 4.39 Å². The van der Waals surface area contributed by atoms with E-state index in [-0.39, 0.29) is 23.8 Å². The summed E-state index contributed by atoms with van der Waals surface area (Å²) in [6.07, 6.45) is 2.79. The number of nitrogens with one attached hydrogen (secondary N) is 2. The molecule has 0 saturated carbocycles. The Bertz CT molecular complexity index is 825. The van der Waals surface area contributed by atoms with Gasteiger partial charge in [0.25, 0.3) is 11.8 Å². The first-order valence-electron chi connectivity index (χ1n) is 9.18. The topological polar surface area (TPSA) is 83.6 Å². The van der Waals surface area contributed by atoms with Crippen LogP contribution in [-0.2, 0) is 11.3 Å². The fraction of sp³-hybridized carbons (Fsp3) is 0.350. The summed E-state index contributed by atoms with van der Waals surface area (Å²) in [5.74, 6) is -1.09. The molecule has 28 heavy (non-hydrogen) atoms. The van der Waals surface area contributed by atoms with Crippen LogP contribution in [-0.4, -0.2) is 61.1 Å². The van der Waals surface area contributed by atoms with Gasteiger partial charge in [-0.15, -0.1) is 0 Å². The van der Waals surface area contributed by atoms with Crippen molar-refractivity contribution in [3.63, 3.8) is 0 Å². The first-order chi connectivity index (χ1) is 13.6. The molecule has 0 radical (unpaired) electrons. The highest BCUT2D eigenvalue weighted by Crippen LogP contribution is 2.07. The molecule has 1 aliphatic heterocycles. The van der Waals surface area contributed by atoms with Gasteiger partial charge >= 0.3 is 0 Å². The van der Waals surface area contributed by atoms with Crippen LogP contribution in [0, 0.1) is 5.82 Å².